The fraction of sp³-hybridized carbons (Fsp3) is 0.650. The van der Waals surface area contributed by atoms with E-state index in [4.69, 9.17) is 9.47 Å². The van der Waals surface area contributed by atoms with Crippen LogP contribution in [0.4, 0.5) is 0 Å². The van der Waals surface area contributed by atoms with Crippen molar-refractivity contribution in [1.82, 2.24) is 9.80 Å². The summed E-state index contributed by atoms with van der Waals surface area (Å²) in [7, 11) is 1.67. The first-order chi connectivity index (χ1) is 12.1. The van der Waals surface area contributed by atoms with E-state index in [0.717, 1.165) is 50.6 Å². The number of nitrogens with zero attached hydrogens (tertiary/aromatic N) is 2. The summed E-state index contributed by atoms with van der Waals surface area (Å²) in [6.45, 7) is 7.70. The number of methoxy groups -OCH3 is 1. The number of piperidine rings is 2. The lowest BCUT2D eigenvalue weighted by Gasteiger charge is -2.48. The monoisotopic (exact) mass is 346 g/mol. The molecule has 0 radical (unpaired) electrons. The average Bonchev–Trinajstić information content (AvgIpc) is 2.65. The standard InChI is InChI=1S/C20H30N2O3/c1-3-22-16-20(11-9-19(22)23)10-4-12-21(15-20)13-14-25-18-7-5-17(24-2)6-8-18/h5-8H,3-4,9-16H2,1-2H3. The summed E-state index contributed by atoms with van der Waals surface area (Å²) >= 11 is 0. The van der Waals surface area contributed by atoms with E-state index in [9.17, 15) is 4.79 Å². The highest BCUT2D eigenvalue weighted by molar-refractivity contribution is 5.77. The van der Waals surface area contributed by atoms with E-state index in [1.54, 1.807) is 7.11 Å². The Balaban J connectivity index is 1.49. The van der Waals surface area contributed by atoms with E-state index in [1.165, 1.54) is 12.8 Å². The first kappa shape index (κ1) is 18.1. The molecule has 1 amide bonds. The Morgan fingerprint density at radius 2 is 1.88 bits per heavy atom. The zero-order valence-corrected chi connectivity index (χ0v) is 15.5. The number of carbonyl (C=O) groups is 1. The van der Waals surface area contributed by atoms with Gasteiger partial charge in [0.15, 0.2) is 0 Å². The zero-order valence-electron chi connectivity index (χ0n) is 15.5. The van der Waals surface area contributed by atoms with Gasteiger partial charge in [-0.3, -0.25) is 9.69 Å². The predicted molar refractivity (Wildman–Crippen MR) is 98.1 cm³/mol. The molecule has 2 aliphatic heterocycles. The van der Waals surface area contributed by atoms with Crippen molar-refractivity contribution in [2.75, 3.05) is 46.4 Å². The SMILES string of the molecule is CCN1CC2(CCCN(CCOc3ccc(OC)cc3)C2)CCC1=O. The number of ether oxygens (including phenoxy) is 2. The highest BCUT2D eigenvalue weighted by Gasteiger charge is 2.41. The molecule has 0 aliphatic carbocycles. The summed E-state index contributed by atoms with van der Waals surface area (Å²) in [5.74, 6) is 2.05. The van der Waals surface area contributed by atoms with E-state index in [2.05, 4.69) is 11.8 Å². The van der Waals surface area contributed by atoms with Crippen LogP contribution in [0.3, 0.4) is 0 Å². The summed E-state index contributed by atoms with van der Waals surface area (Å²) in [6.07, 6.45) is 4.21. The van der Waals surface area contributed by atoms with Gasteiger partial charge in [0, 0.05) is 38.0 Å². The van der Waals surface area contributed by atoms with Crippen LogP contribution in [-0.2, 0) is 4.79 Å². The van der Waals surface area contributed by atoms with E-state index in [-0.39, 0.29) is 0 Å². The van der Waals surface area contributed by atoms with Crippen LogP contribution >= 0.6 is 0 Å². The molecule has 0 aromatic heterocycles. The van der Waals surface area contributed by atoms with E-state index >= 15 is 0 Å². The summed E-state index contributed by atoms with van der Waals surface area (Å²) in [5, 5.41) is 0. The Hall–Kier alpha value is -1.75. The first-order valence-electron chi connectivity index (χ1n) is 9.41. The third-order valence-electron chi connectivity index (χ3n) is 5.61. The van der Waals surface area contributed by atoms with Gasteiger partial charge in [-0.05, 0) is 57.0 Å². The molecule has 3 rings (SSSR count). The summed E-state index contributed by atoms with van der Waals surface area (Å²) in [6, 6.07) is 7.73. The fourth-order valence-corrected chi connectivity index (χ4v) is 4.19. The van der Waals surface area contributed by atoms with E-state index in [1.807, 2.05) is 29.2 Å². The van der Waals surface area contributed by atoms with Crippen molar-refractivity contribution >= 4 is 5.91 Å². The van der Waals surface area contributed by atoms with Gasteiger partial charge in [-0.1, -0.05) is 0 Å². The van der Waals surface area contributed by atoms with Crippen molar-refractivity contribution < 1.29 is 14.3 Å². The highest BCUT2D eigenvalue weighted by Crippen LogP contribution is 2.38. The number of benzene rings is 1. The van der Waals surface area contributed by atoms with Crippen LogP contribution in [0.5, 0.6) is 11.5 Å². The Morgan fingerprint density at radius 1 is 1.12 bits per heavy atom. The van der Waals surface area contributed by atoms with Gasteiger partial charge in [0.25, 0.3) is 0 Å². The maximum atomic E-state index is 12.0. The predicted octanol–water partition coefficient (Wildman–Crippen LogP) is 2.80. The molecule has 138 valence electrons. The smallest absolute Gasteiger partial charge is 0.222 e. The quantitative estimate of drug-likeness (QED) is 0.794. The minimum Gasteiger partial charge on any atom is -0.497 e. The molecular formula is C20H30N2O3. The third kappa shape index (κ3) is 4.46. The minimum atomic E-state index is 0.294. The van der Waals surface area contributed by atoms with Crippen molar-refractivity contribution in [3.63, 3.8) is 0 Å². The molecule has 5 nitrogen and oxygen atoms in total. The number of carbonyl (C=O) groups excluding carboxylic acids is 1. The Morgan fingerprint density at radius 3 is 2.60 bits per heavy atom. The van der Waals surface area contributed by atoms with Crippen molar-refractivity contribution in [2.45, 2.75) is 32.6 Å². The van der Waals surface area contributed by atoms with Crippen LogP contribution in [0, 0.1) is 5.41 Å². The van der Waals surface area contributed by atoms with E-state index < -0.39 is 0 Å². The molecule has 2 saturated heterocycles. The van der Waals surface area contributed by atoms with Gasteiger partial charge < -0.3 is 14.4 Å². The maximum Gasteiger partial charge on any atom is 0.222 e. The van der Waals surface area contributed by atoms with Crippen LogP contribution < -0.4 is 9.47 Å². The summed E-state index contributed by atoms with van der Waals surface area (Å²) in [4.78, 5) is 16.5. The normalized spacial score (nSPS) is 24.6. The van der Waals surface area contributed by atoms with Gasteiger partial charge in [-0.2, -0.15) is 0 Å². The molecule has 5 heteroatoms. The van der Waals surface area contributed by atoms with Gasteiger partial charge in [0.1, 0.15) is 18.1 Å². The third-order valence-corrected chi connectivity index (χ3v) is 5.61. The van der Waals surface area contributed by atoms with Crippen LogP contribution in [0.15, 0.2) is 24.3 Å². The zero-order chi connectivity index (χ0) is 17.7. The van der Waals surface area contributed by atoms with Crippen LogP contribution in [0.2, 0.25) is 0 Å². The average molecular weight is 346 g/mol. The van der Waals surface area contributed by atoms with Crippen molar-refractivity contribution in [3.8, 4) is 11.5 Å². The number of likely N-dealkylation sites (tertiary alicyclic amines) is 2. The van der Waals surface area contributed by atoms with Gasteiger partial charge in [0.2, 0.25) is 5.91 Å². The number of rotatable bonds is 6. The molecule has 1 atom stereocenters. The summed E-state index contributed by atoms with van der Waals surface area (Å²) in [5.41, 5.74) is 0.294. The van der Waals surface area contributed by atoms with Crippen LogP contribution in [0.1, 0.15) is 32.6 Å². The molecule has 0 N–H and O–H groups in total. The molecule has 0 bridgehead atoms. The molecule has 1 aromatic rings. The van der Waals surface area contributed by atoms with E-state index in [0.29, 0.717) is 24.3 Å². The molecule has 25 heavy (non-hydrogen) atoms. The Labute approximate surface area is 150 Å². The number of amides is 1. The second-order valence-corrected chi connectivity index (χ2v) is 7.31. The lowest BCUT2D eigenvalue weighted by molar-refractivity contribution is -0.139. The van der Waals surface area contributed by atoms with Crippen molar-refractivity contribution in [3.05, 3.63) is 24.3 Å². The Kier molecular flexibility index (Phi) is 5.84. The van der Waals surface area contributed by atoms with Gasteiger partial charge in [-0.15, -0.1) is 0 Å². The number of hydrogen-bond acceptors (Lipinski definition) is 4. The first-order valence-corrected chi connectivity index (χ1v) is 9.41. The topological polar surface area (TPSA) is 42.0 Å². The summed E-state index contributed by atoms with van der Waals surface area (Å²) < 4.78 is 11.0. The van der Waals surface area contributed by atoms with Gasteiger partial charge in [-0.25, -0.2) is 0 Å². The van der Waals surface area contributed by atoms with Crippen LogP contribution in [0.25, 0.3) is 0 Å². The van der Waals surface area contributed by atoms with Crippen molar-refractivity contribution in [1.29, 1.82) is 0 Å². The Bertz CT molecular complexity index is 575. The fourth-order valence-electron chi connectivity index (χ4n) is 4.19. The molecule has 1 spiro atoms. The van der Waals surface area contributed by atoms with Crippen LogP contribution in [-0.4, -0.2) is 62.1 Å². The highest BCUT2D eigenvalue weighted by atomic mass is 16.5. The number of hydrogen-bond donors (Lipinski definition) is 0. The lowest BCUT2D eigenvalue weighted by Crippen LogP contribution is -2.54. The molecule has 2 heterocycles. The van der Waals surface area contributed by atoms with Gasteiger partial charge in [0.05, 0.1) is 7.11 Å². The van der Waals surface area contributed by atoms with Crippen molar-refractivity contribution in [2.24, 2.45) is 5.41 Å². The molecule has 1 aromatic carbocycles. The van der Waals surface area contributed by atoms with Gasteiger partial charge >= 0.3 is 0 Å². The lowest BCUT2D eigenvalue weighted by atomic mass is 9.73. The molecule has 0 saturated carbocycles. The molecular weight excluding hydrogens is 316 g/mol. The minimum absolute atomic E-state index is 0.294. The molecule has 1 unspecified atom stereocenters. The molecule has 2 fully saturated rings. The second kappa shape index (κ2) is 8.09. The maximum absolute atomic E-state index is 12.0. The molecule has 2 aliphatic rings. The second-order valence-electron chi connectivity index (χ2n) is 7.31. The largest absolute Gasteiger partial charge is 0.497 e.